The van der Waals surface area contributed by atoms with E-state index in [4.69, 9.17) is 9.72 Å². The van der Waals surface area contributed by atoms with Crippen molar-refractivity contribution in [2.24, 2.45) is 0 Å². The second kappa shape index (κ2) is 8.43. The Labute approximate surface area is 184 Å². The molecule has 9 nitrogen and oxygen atoms in total. The van der Waals surface area contributed by atoms with E-state index in [1.165, 1.54) is 7.11 Å². The first-order valence-corrected chi connectivity index (χ1v) is 10.6. The Morgan fingerprint density at radius 2 is 1.91 bits per heavy atom. The summed E-state index contributed by atoms with van der Waals surface area (Å²) in [6.07, 6.45) is 0.974. The third kappa shape index (κ3) is 3.94. The summed E-state index contributed by atoms with van der Waals surface area (Å²) < 4.78 is 4.77. The Hall–Kier alpha value is -3.72. The van der Waals surface area contributed by atoms with Gasteiger partial charge in [0.15, 0.2) is 0 Å². The minimum atomic E-state index is -0.450. The van der Waals surface area contributed by atoms with Crippen LogP contribution >= 0.6 is 0 Å². The van der Waals surface area contributed by atoms with E-state index in [2.05, 4.69) is 24.8 Å². The third-order valence-electron chi connectivity index (χ3n) is 5.81. The van der Waals surface area contributed by atoms with Crippen molar-refractivity contribution in [3.8, 4) is 0 Å². The Kier molecular flexibility index (Phi) is 5.32. The van der Waals surface area contributed by atoms with E-state index in [1.807, 2.05) is 24.3 Å². The summed E-state index contributed by atoms with van der Waals surface area (Å²) in [4.78, 5) is 44.5. The molecule has 1 aliphatic rings. The Bertz CT molecular complexity index is 1310. The fourth-order valence-electron chi connectivity index (χ4n) is 4.15. The van der Waals surface area contributed by atoms with E-state index >= 15 is 0 Å². The predicted octanol–water partition coefficient (Wildman–Crippen LogP) is 2.30. The highest BCUT2D eigenvalue weighted by molar-refractivity contribution is 5.94. The first-order valence-electron chi connectivity index (χ1n) is 10.6. The maximum absolute atomic E-state index is 12.5. The molecule has 0 unspecified atom stereocenters. The van der Waals surface area contributed by atoms with Crippen LogP contribution in [0.1, 0.15) is 22.6 Å². The molecule has 0 bridgehead atoms. The normalized spacial score (nSPS) is 15.2. The van der Waals surface area contributed by atoms with E-state index < -0.39 is 5.97 Å². The lowest BCUT2D eigenvalue weighted by molar-refractivity contribution is 0.0601. The van der Waals surface area contributed by atoms with Gasteiger partial charge in [0.1, 0.15) is 5.82 Å². The topological polar surface area (TPSA) is 107 Å². The second-order valence-electron chi connectivity index (χ2n) is 7.93. The first-order chi connectivity index (χ1) is 15.6. The fourth-order valence-corrected chi connectivity index (χ4v) is 4.15. The molecule has 5 rings (SSSR count). The van der Waals surface area contributed by atoms with Gasteiger partial charge in [-0.05, 0) is 36.8 Å². The number of fused-ring (bicyclic) bond motifs is 2. The highest BCUT2D eigenvalue weighted by atomic mass is 16.5. The van der Waals surface area contributed by atoms with Gasteiger partial charge in [-0.3, -0.25) is 9.69 Å². The van der Waals surface area contributed by atoms with Crippen LogP contribution in [0.4, 0.5) is 5.95 Å². The number of anilines is 1. The number of imidazole rings is 1. The minimum Gasteiger partial charge on any atom is -0.465 e. The molecule has 0 amide bonds. The zero-order valence-corrected chi connectivity index (χ0v) is 17.8. The van der Waals surface area contributed by atoms with Crippen LogP contribution in [0.3, 0.4) is 0 Å². The van der Waals surface area contributed by atoms with Gasteiger partial charge in [-0.25, -0.2) is 14.8 Å². The molecule has 1 aliphatic heterocycles. The van der Waals surface area contributed by atoms with Crippen LogP contribution in [0.25, 0.3) is 21.9 Å². The number of rotatable bonds is 4. The fraction of sp³-hybridized carbons (Fsp3) is 0.304. The van der Waals surface area contributed by atoms with Crippen molar-refractivity contribution in [1.82, 2.24) is 24.8 Å². The molecule has 0 saturated carbocycles. The molecule has 164 valence electrons. The van der Waals surface area contributed by atoms with Crippen LogP contribution in [0.5, 0.6) is 0 Å². The SMILES string of the molecule is COC(=O)c1ccc2c(=O)[nH]c(CN3CCCN(c4nc5ccccc5[nH]4)CC3)nc2c1. The van der Waals surface area contributed by atoms with Gasteiger partial charge >= 0.3 is 5.97 Å². The van der Waals surface area contributed by atoms with Crippen molar-refractivity contribution >= 4 is 33.9 Å². The Balaban J connectivity index is 1.32. The number of aromatic amines is 2. The monoisotopic (exact) mass is 432 g/mol. The molecule has 0 atom stereocenters. The first kappa shape index (κ1) is 20.2. The maximum Gasteiger partial charge on any atom is 0.337 e. The lowest BCUT2D eigenvalue weighted by atomic mass is 10.1. The van der Waals surface area contributed by atoms with Crippen molar-refractivity contribution in [1.29, 1.82) is 0 Å². The van der Waals surface area contributed by atoms with Gasteiger partial charge < -0.3 is 19.6 Å². The van der Waals surface area contributed by atoms with Crippen molar-refractivity contribution < 1.29 is 9.53 Å². The molecule has 4 aromatic rings. The Morgan fingerprint density at radius 3 is 2.75 bits per heavy atom. The zero-order chi connectivity index (χ0) is 22.1. The number of methoxy groups -OCH3 is 1. The average molecular weight is 432 g/mol. The van der Waals surface area contributed by atoms with Crippen molar-refractivity contribution in [3.05, 3.63) is 64.2 Å². The van der Waals surface area contributed by atoms with Crippen LogP contribution in [0, 0.1) is 0 Å². The molecule has 2 aromatic heterocycles. The molecular formula is C23H24N6O3. The highest BCUT2D eigenvalue weighted by Crippen LogP contribution is 2.19. The molecule has 0 radical (unpaired) electrons. The van der Waals surface area contributed by atoms with Gasteiger partial charge in [0.25, 0.3) is 5.56 Å². The number of H-pyrrole nitrogens is 2. The van der Waals surface area contributed by atoms with Gasteiger partial charge in [0.05, 0.1) is 41.2 Å². The number of nitrogens with one attached hydrogen (secondary N) is 2. The van der Waals surface area contributed by atoms with Gasteiger partial charge in [-0.15, -0.1) is 0 Å². The van der Waals surface area contributed by atoms with E-state index in [1.54, 1.807) is 18.2 Å². The summed E-state index contributed by atoms with van der Waals surface area (Å²) >= 11 is 0. The number of benzene rings is 2. The quantitative estimate of drug-likeness (QED) is 0.477. The molecule has 3 heterocycles. The standard InChI is InChI=1S/C23H24N6O3/c1-32-22(31)15-7-8-16-19(13-15)24-20(27-21(16)30)14-28-9-4-10-29(12-11-28)23-25-17-5-2-3-6-18(17)26-23/h2-3,5-8,13H,4,9-12,14H2,1H3,(H,25,26)(H,24,27,30). The summed E-state index contributed by atoms with van der Waals surface area (Å²) in [6.45, 7) is 3.97. The molecule has 1 fully saturated rings. The molecule has 0 spiro atoms. The van der Waals surface area contributed by atoms with Crippen LogP contribution in [0.15, 0.2) is 47.3 Å². The van der Waals surface area contributed by atoms with E-state index in [0.717, 1.165) is 49.6 Å². The lowest BCUT2D eigenvalue weighted by Crippen LogP contribution is -2.32. The van der Waals surface area contributed by atoms with E-state index in [-0.39, 0.29) is 5.56 Å². The number of carbonyl (C=O) groups is 1. The van der Waals surface area contributed by atoms with E-state index in [0.29, 0.717) is 28.8 Å². The number of esters is 1. The van der Waals surface area contributed by atoms with Crippen molar-refractivity contribution in [3.63, 3.8) is 0 Å². The van der Waals surface area contributed by atoms with Crippen molar-refractivity contribution in [2.45, 2.75) is 13.0 Å². The molecule has 32 heavy (non-hydrogen) atoms. The van der Waals surface area contributed by atoms with Crippen LogP contribution in [0.2, 0.25) is 0 Å². The minimum absolute atomic E-state index is 0.208. The van der Waals surface area contributed by atoms with Crippen LogP contribution < -0.4 is 10.5 Å². The largest absolute Gasteiger partial charge is 0.465 e. The highest BCUT2D eigenvalue weighted by Gasteiger charge is 2.19. The zero-order valence-electron chi connectivity index (χ0n) is 17.8. The summed E-state index contributed by atoms with van der Waals surface area (Å²) in [7, 11) is 1.33. The summed E-state index contributed by atoms with van der Waals surface area (Å²) in [5.74, 6) is 1.02. The number of ether oxygens (including phenoxy) is 1. The number of aromatic nitrogens is 4. The number of hydrogen-bond acceptors (Lipinski definition) is 7. The van der Waals surface area contributed by atoms with Gasteiger partial charge in [-0.1, -0.05) is 12.1 Å². The second-order valence-corrected chi connectivity index (χ2v) is 7.93. The molecule has 0 aliphatic carbocycles. The summed E-state index contributed by atoms with van der Waals surface area (Å²) in [6, 6.07) is 12.8. The molecule has 1 saturated heterocycles. The third-order valence-corrected chi connectivity index (χ3v) is 5.81. The lowest BCUT2D eigenvalue weighted by Gasteiger charge is -2.21. The van der Waals surface area contributed by atoms with Gasteiger partial charge in [-0.2, -0.15) is 0 Å². The van der Waals surface area contributed by atoms with Gasteiger partial charge in [0.2, 0.25) is 5.95 Å². The number of carbonyl (C=O) groups excluding carboxylic acids is 1. The molecular weight excluding hydrogens is 408 g/mol. The molecule has 2 aromatic carbocycles. The Morgan fingerprint density at radius 1 is 1.03 bits per heavy atom. The molecule has 2 N–H and O–H groups in total. The maximum atomic E-state index is 12.5. The van der Waals surface area contributed by atoms with Crippen molar-refractivity contribution in [2.75, 3.05) is 38.2 Å². The van der Waals surface area contributed by atoms with Gasteiger partial charge in [0, 0.05) is 26.2 Å². The average Bonchev–Trinajstić information content (AvgIpc) is 3.10. The number of para-hydroxylation sites is 2. The molecule has 9 heteroatoms. The summed E-state index contributed by atoms with van der Waals surface area (Å²) in [5, 5.41) is 0.452. The van der Waals surface area contributed by atoms with E-state index in [9.17, 15) is 9.59 Å². The smallest absolute Gasteiger partial charge is 0.337 e. The predicted molar refractivity (Wildman–Crippen MR) is 122 cm³/mol. The number of hydrogen-bond donors (Lipinski definition) is 2. The van der Waals surface area contributed by atoms with Crippen LogP contribution in [-0.4, -0.2) is 64.1 Å². The summed E-state index contributed by atoms with van der Waals surface area (Å²) in [5.41, 5.74) is 2.66. The van der Waals surface area contributed by atoms with Crippen LogP contribution in [-0.2, 0) is 11.3 Å². The number of nitrogens with zero attached hydrogens (tertiary/aromatic N) is 4.